The van der Waals surface area contributed by atoms with Crippen LogP contribution in [-0.2, 0) is 9.59 Å². The van der Waals surface area contributed by atoms with Crippen molar-refractivity contribution in [3.05, 3.63) is 53.6 Å². The number of benzene rings is 2. The molecule has 26 heavy (non-hydrogen) atoms. The van der Waals surface area contributed by atoms with E-state index in [0.29, 0.717) is 11.4 Å². The Morgan fingerprint density at radius 1 is 1.12 bits per heavy atom. The van der Waals surface area contributed by atoms with Crippen LogP contribution in [0.25, 0.3) is 0 Å². The maximum Gasteiger partial charge on any atom is 0.244 e. The van der Waals surface area contributed by atoms with Gasteiger partial charge in [0.15, 0.2) is 0 Å². The molecule has 138 valence electrons. The fourth-order valence-corrected chi connectivity index (χ4v) is 2.60. The van der Waals surface area contributed by atoms with Crippen LogP contribution in [0.3, 0.4) is 0 Å². The topological polar surface area (TPSA) is 58.6 Å². The summed E-state index contributed by atoms with van der Waals surface area (Å²) >= 11 is 0. The van der Waals surface area contributed by atoms with Gasteiger partial charge in [-0.05, 0) is 57.0 Å². The minimum absolute atomic E-state index is 0.0336. The van der Waals surface area contributed by atoms with Crippen LogP contribution in [0.4, 0.5) is 11.4 Å². The lowest BCUT2D eigenvalue weighted by atomic mass is 10.1. The Morgan fingerprint density at radius 3 is 2.46 bits per heavy atom. The molecule has 0 bridgehead atoms. The standard InChI is InChI=1S/C21H26N2O3/c1-14(2)26-20-9-7-6-8-19(20)23(17(5)24)13-21(25)22-18-12-15(3)10-11-16(18)4/h6-12,14H,13H2,1-5H3,(H,22,25). The summed E-state index contributed by atoms with van der Waals surface area (Å²) in [4.78, 5) is 26.2. The Balaban J connectivity index is 2.22. The SMILES string of the molecule is CC(=O)N(CC(=O)Nc1cc(C)ccc1C)c1ccccc1OC(C)C. The Hall–Kier alpha value is -2.82. The maximum atomic E-state index is 12.6. The second-order valence-corrected chi connectivity index (χ2v) is 6.61. The van der Waals surface area contributed by atoms with Crippen molar-refractivity contribution in [1.29, 1.82) is 0 Å². The molecule has 0 saturated heterocycles. The van der Waals surface area contributed by atoms with Crippen molar-refractivity contribution in [2.45, 2.75) is 40.7 Å². The number of para-hydroxylation sites is 2. The van der Waals surface area contributed by atoms with Crippen molar-refractivity contribution in [3.63, 3.8) is 0 Å². The molecule has 0 aliphatic rings. The van der Waals surface area contributed by atoms with Crippen molar-refractivity contribution in [2.75, 3.05) is 16.8 Å². The summed E-state index contributed by atoms with van der Waals surface area (Å²) in [6, 6.07) is 13.1. The molecule has 5 heteroatoms. The zero-order valence-electron chi connectivity index (χ0n) is 16.0. The third-order valence-corrected chi connectivity index (χ3v) is 3.87. The molecule has 2 aromatic rings. The second kappa shape index (κ2) is 8.52. The molecule has 0 aliphatic carbocycles. The van der Waals surface area contributed by atoms with Gasteiger partial charge in [0.1, 0.15) is 12.3 Å². The van der Waals surface area contributed by atoms with E-state index in [1.165, 1.54) is 11.8 Å². The van der Waals surface area contributed by atoms with Gasteiger partial charge in [0, 0.05) is 12.6 Å². The first kappa shape index (κ1) is 19.5. The molecular formula is C21H26N2O3. The van der Waals surface area contributed by atoms with E-state index in [9.17, 15) is 9.59 Å². The first-order valence-corrected chi connectivity index (χ1v) is 8.69. The van der Waals surface area contributed by atoms with Crippen molar-refractivity contribution in [1.82, 2.24) is 0 Å². The molecule has 0 atom stereocenters. The van der Waals surface area contributed by atoms with Gasteiger partial charge >= 0.3 is 0 Å². The van der Waals surface area contributed by atoms with E-state index in [-0.39, 0.29) is 24.5 Å². The zero-order valence-corrected chi connectivity index (χ0v) is 16.0. The summed E-state index contributed by atoms with van der Waals surface area (Å²) in [7, 11) is 0. The molecule has 0 heterocycles. The molecule has 0 unspecified atom stereocenters. The van der Waals surface area contributed by atoms with Crippen LogP contribution in [0.1, 0.15) is 31.9 Å². The maximum absolute atomic E-state index is 12.6. The van der Waals surface area contributed by atoms with Crippen molar-refractivity contribution >= 4 is 23.2 Å². The molecular weight excluding hydrogens is 328 g/mol. The van der Waals surface area contributed by atoms with Gasteiger partial charge in [0.25, 0.3) is 0 Å². The van der Waals surface area contributed by atoms with Crippen molar-refractivity contribution < 1.29 is 14.3 Å². The average molecular weight is 354 g/mol. The molecule has 0 radical (unpaired) electrons. The van der Waals surface area contributed by atoms with Crippen LogP contribution in [0.2, 0.25) is 0 Å². The Kier molecular flexibility index (Phi) is 6.39. The number of aryl methyl sites for hydroxylation is 2. The summed E-state index contributed by atoms with van der Waals surface area (Å²) in [5, 5.41) is 2.89. The van der Waals surface area contributed by atoms with Crippen LogP contribution in [0.15, 0.2) is 42.5 Å². The number of anilines is 2. The molecule has 2 rings (SSSR count). The number of nitrogens with zero attached hydrogens (tertiary/aromatic N) is 1. The van der Waals surface area contributed by atoms with Crippen LogP contribution in [-0.4, -0.2) is 24.5 Å². The fraction of sp³-hybridized carbons (Fsp3) is 0.333. The molecule has 1 N–H and O–H groups in total. The van der Waals surface area contributed by atoms with Gasteiger partial charge in [-0.2, -0.15) is 0 Å². The molecule has 5 nitrogen and oxygen atoms in total. The molecule has 0 spiro atoms. The lowest BCUT2D eigenvalue weighted by Crippen LogP contribution is -2.37. The highest BCUT2D eigenvalue weighted by molar-refractivity contribution is 6.02. The first-order chi connectivity index (χ1) is 12.3. The molecule has 0 aliphatic heterocycles. The average Bonchev–Trinajstić information content (AvgIpc) is 2.56. The second-order valence-electron chi connectivity index (χ2n) is 6.61. The predicted octanol–water partition coefficient (Wildman–Crippen LogP) is 4.08. The summed E-state index contributed by atoms with van der Waals surface area (Å²) in [6.45, 7) is 9.10. The highest BCUT2D eigenvalue weighted by Crippen LogP contribution is 2.29. The lowest BCUT2D eigenvalue weighted by Gasteiger charge is -2.24. The monoisotopic (exact) mass is 354 g/mol. The first-order valence-electron chi connectivity index (χ1n) is 8.69. The van der Waals surface area contributed by atoms with E-state index in [4.69, 9.17) is 4.74 Å². The number of amides is 2. The zero-order chi connectivity index (χ0) is 19.3. The van der Waals surface area contributed by atoms with E-state index in [0.717, 1.165) is 16.8 Å². The number of rotatable bonds is 6. The van der Waals surface area contributed by atoms with E-state index >= 15 is 0 Å². The number of nitrogens with one attached hydrogen (secondary N) is 1. The summed E-state index contributed by atoms with van der Waals surface area (Å²) in [5.41, 5.74) is 3.38. The Bertz CT molecular complexity index is 800. The number of carbonyl (C=O) groups is 2. The van der Waals surface area contributed by atoms with E-state index in [1.807, 2.05) is 58.0 Å². The van der Waals surface area contributed by atoms with Gasteiger partial charge in [-0.1, -0.05) is 24.3 Å². The van der Waals surface area contributed by atoms with E-state index < -0.39 is 0 Å². The Labute approximate surface area is 155 Å². The number of carbonyl (C=O) groups excluding carboxylic acids is 2. The predicted molar refractivity (Wildman–Crippen MR) is 105 cm³/mol. The number of ether oxygens (including phenoxy) is 1. The van der Waals surface area contributed by atoms with Crippen LogP contribution in [0, 0.1) is 13.8 Å². The lowest BCUT2D eigenvalue weighted by molar-refractivity contribution is -0.120. The smallest absolute Gasteiger partial charge is 0.244 e. The third-order valence-electron chi connectivity index (χ3n) is 3.87. The molecule has 0 saturated carbocycles. The summed E-state index contributed by atoms with van der Waals surface area (Å²) in [5.74, 6) is 0.103. The van der Waals surface area contributed by atoms with Gasteiger partial charge in [0.2, 0.25) is 11.8 Å². The van der Waals surface area contributed by atoms with Gasteiger partial charge in [-0.3, -0.25) is 14.5 Å². The summed E-state index contributed by atoms with van der Waals surface area (Å²) in [6.07, 6.45) is -0.0336. The third kappa shape index (κ3) is 5.09. The molecule has 0 aromatic heterocycles. The van der Waals surface area contributed by atoms with E-state index in [2.05, 4.69) is 5.32 Å². The molecule has 0 fully saturated rings. The van der Waals surface area contributed by atoms with Gasteiger partial charge < -0.3 is 10.1 Å². The number of hydrogen-bond donors (Lipinski definition) is 1. The van der Waals surface area contributed by atoms with Crippen LogP contribution >= 0.6 is 0 Å². The molecule has 2 aromatic carbocycles. The van der Waals surface area contributed by atoms with E-state index in [1.54, 1.807) is 12.1 Å². The van der Waals surface area contributed by atoms with Gasteiger partial charge in [0.05, 0.1) is 11.8 Å². The quantitative estimate of drug-likeness (QED) is 0.850. The molecule has 2 amide bonds. The normalized spacial score (nSPS) is 10.5. The minimum atomic E-state index is -0.256. The highest BCUT2D eigenvalue weighted by atomic mass is 16.5. The van der Waals surface area contributed by atoms with Crippen molar-refractivity contribution in [2.24, 2.45) is 0 Å². The Morgan fingerprint density at radius 2 is 1.81 bits per heavy atom. The fourth-order valence-electron chi connectivity index (χ4n) is 2.60. The van der Waals surface area contributed by atoms with Gasteiger partial charge in [-0.15, -0.1) is 0 Å². The minimum Gasteiger partial charge on any atom is -0.489 e. The van der Waals surface area contributed by atoms with Crippen LogP contribution < -0.4 is 15.0 Å². The summed E-state index contributed by atoms with van der Waals surface area (Å²) < 4.78 is 5.79. The van der Waals surface area contributed by atoms with Gasteiger partial charge in [-0.25, -0.2) is 0 Å². The highest BCUT2D eigenvalue weighted by Gasteiger charge is 2.20. The van der Waals surface area contributed by atoms with Crippen molar-refractivity contribution in [3.8, 4) is 5.75 Å². The number of hydrogen-bond acceptors (Lipinski definition) is 3. The van der Waals surface area contributed by atoms with Crippen LogP contribution in [0.5, 0.6) is 5.75 Å². The largest absolute Gasteiger partial charge is 0.489 e.